The molecule has 2 rings (SSSR count). The maximum absolute atomic E-state index is 11.3. The Balaban J connectivity index is 2.30. The second kappa shape index (κ2) is 3.82. The van der Waals surface area contributed by atoms with Gasteiger partial charge in [0.05, 0.1) is 16.8 Å². The lowest BCUT2D eigenvalue weighted by atomic mass is 9.65. The number of rotatable bonds is 3. The van der Waals surface area contributed by atoms with E-state index in [1.54, 1.807) is 0 Å². The summed E-state index contributed by atoms with van der Waals surface area (Å²) in [6.07, 6.45) is 0.0630. The van der Waals surface area contributed by atoms with Crippen LogP contribution in [0.3, 0.4) is 0 Å². The summed E-state index contributed by atoms with van der Waals surface area (Å²) in [7, 11) is 0. The fraction of sp³-hybridized carbons (Fsp3) is 0.636. The van der Waals surface area contributed by atoms with Crippen LogP contribution in [0.1, 0.15) is 43.3 Å². The summed E-state index contributed by atoms with van der Waals surface area (Å²) in [5.74, 6) is -0.562. The molecule has 0 spiro atoms. The van der Waals surface area contributed by atoms with E-state index in [9.17, 15) is 15.0 Å². The van der Waals surface area contributed by atoms with Crippen LogP contribution < -0.4 is 0 Å². The van der Waals surface area contributed by atoms with Crippen molar-refractivity contribution in [3.63, 3.8) is 0 Å². The van der Waals surface area contributed by atoms with Crippen LogP contribution in [0.2, 0.25) is 0 Å². The Morgan fingerprint density at radius 3 is 2.62 bits per heavy atom. The molecule has 88 valence electrons. The smallest absolute Gasteiger partial charge is 0.315 e. The van der Waals surface area contributed by atoms with Crippen molar-refractivity contribution in [3.05, 3.63) is 16.1 Å². The maximum atomic E-state index is 11.3. The van der Waals surface area contributed by atoms with Crippen molar-refractivity contribution in [3.8, 4) is 0 Å². The summed E-state index contributed by atoms with van der Waals surface area (Å²) in [4.78, 5) is 15.7. The van der Waals surface area contributed by atoms with E-state index >= 15 is 0 Å². The minimum atomic E-state index is -0.941. The summed E-state index contributed by atoms with van der Waals surface area (Å²) >= 11 is 1.50. The molecule has 1 aromatic rings. The SMILES string of the molecule is CC(C)c1nc(C2(C(=O)O)CC(O)C2)cs1. The van der Waals surface area contributed by atoms with Gasteiger partial charge in [-0.15, -0.1) is 11.3 Å². The van der Waals surface area contributed by atoms with Crippen molar-refractivity contribution < 1.29 is 15.0 Å². The number of thiazole rings is 1. The highest BCUT2D eigenvalue weighted by atomic mass is 32.1. The van der Waals surface area contributed by atoms with Crippen molar-refractivity contribution in [2.24, 2.45) is 0 Å². The molecule has 0 bridgehead atoms. The van der Waals surface area contributed by atoms with Gasteiger partial charge < -0.3 is 10.2 Å². The van der Waals surface area contributed by atoms with Crippen molar-refractivity contribution >= 4 is 17.3 Å². The third-order valence-corrected chi connectivity index (χ3v) is 4.23. The van der Waals surface area contributed by atoms with Gasteiger partial charge in [-0.2, -0.15) is 0 Å². The van der Waals surface area contributed by atoms with Gasteiger partial charge in [0.25, 0.3) is 0 Å². The van der Waals surface area contributed by atoms with Crippen molar-refractivity contribution in [1.29, 1.82) is 0 Å². The highest BCUT2D eigenvalue weighted by molar-refractivity contribution is 7.09. The lowest BCUT2D eigenvalue weighted by Crippen LogP contribution is -2.50. The minimum Gasteiger partial charge on any atom is -0.481 e. The molecule has 0 radical (unpaired) electrons. The predicted molar refractivity (Wildman–Crippen MR) is 60.8 cm³/mol. The van der Waals surface area contributed by atoms with Crippen LogP contribution in [0, 0.1) is 0 Å². The maximum Gasteiger partial charge on any atom is 0.315 e. The lowest BCUT2D eigenvalue weighted by Gasteiger charge is -2.40. The second-order valence-corrected chi connectivity index (χ2v) is 5.56. The first-order valence-corrected chi connectivity index (χ1v) is 6.21. The summed E-state index contributed by atoms with van der Waals surface area (Å²) in [6, 6.07) is 0. The molecule has 0 saturated heterocycles. The molecule has 0 atom stereocenters. The Kier molecular flexibility index (Phi) is 2.75. The zero-order valence-corrected chi connectivity index (χ0v) is 10.1. The zero-order valence-electron chi connectivity index (χ0n) is 9.30. The molecule has 16 heavy (non-hydrogen) atoms. The third-order valence-electron chi connectivity index (χ3n) is 3.08. The number of hydrogen-bond acceptors (Lipinski definition) is 4. The molecule has 1 fully saturated rings. The molecular weight excluding hydrogens is 226 g/mol. The average Bonchev–Trinajstić information content (AvgIpc) is 2.60. The fourth-order valence-electron chi connectivity index (χ4n) is 2.01. The number of aliphatic hydroxyl groups excluding tert-OH is 1. The van der Waals surface area contributed by atoms with Crippen molar-refractivity contribution in [2.45, 2.75) is 44.1 Å². The largest absolute Gasteiger partial charge is 0.481 e. The molecule has 4 nitrogen and oxygen atoms in total. The van der Waals surface area contributed by atoms with Gasteiger partial charge in [-0.3, -0.25) is 4.79 Å². The number of carboxylic acids is 1. The highest BCUT2D eigenvalue weighted by Gasteiger charge is 2.53. The van der Waals surface area contributed by atoms with E-state index in [4.69, 9.17) is 0 Å². The van der Waals surface area contributed by atoms with Gasteiger partial charge in [-0.05, 0) is 12.8 Å². The Morgan fingerprint density at radius 1 is 1.62 bits per heavy atom. The molecule has 1 heterocycles. The quantitative estimate of drug-likeness (QED) is 0.845. The first-order valence-electron chi connectivity index (χ1n) is 5.33. The van der Waals surface area contributed by atoms with E-state index in [-0.39, 0.29) is 12.8 Å². The molecule has 2 N–H and O–H groups in total. The number of carbonyl (C=O) groups is 1. The van der Waals surface area contributed by atoms with Crippen molar-refractivity contribution in [2.75, 3.05) is 0 Å². The molecule has 0 aliphatic heterocycles. The normalized spacial score (nSPS) is 29.1. The Bertz CT molecular complexity index is 407. The summed E-state index contributed by atoms with van der Waals surface area (Å²) in [5, 5.41) is 21.3. The number of aromatic nitrogens is 1. The molecule has 0 aromatic carbocycles. The van der Waals surface area contributed by atoms with Crippen LogP contribution in [-0.4, -0.2) is 27.3 Å². The molecule has 1 aliphatic carbocycles. The Labute approximate surface area is 98.0 Å². The third kappa shape index (κ3) is 1.64. The van der Waals surface area contributed by atoms with Crippen molar-refractivity contribution in [1.82, 2.24) is 4.98 Å². The van der Waals surface area contributed by atoms with Gasteiger partial charge in [0.15, 0.2) is 0 Å². The standard InChI is InChI=1S/C11H15NO3S/c1-6(2)9-12-8(5-16-9)11(10(14)15)3-7(13)4-11/h5-7,13H,3-4H2,1-2H3,(H,14,15). The van der Waals surface area contributed by atoms with Gasteiger partial charge in [-0.25, -0.2) is 4.98 Å². The van der Waals surface area contributed by atoms with Crippen LogP contribution in [-0.2, 0) is 10.2 Å². The number of hydrogen-bond donors (Lipinski definition) is 2. The minimum absolute atomic E-state index is 0.281. The average molecular weight is 241 g/mol. The lowest BCUT2D eigenvalue weighted by molar-refractivity contribution is -0.153. The molecule has 5 heteroatoms. The predicted octanol–water partition coefficient (Wildman–Crippen LogP) is 1.74. The number of nitrogens with zero attached hydrogens (tertiary/aromatic N) is 1. The van der Waals surface area contributed by atoms with Gasteiger partial charge in [0.2, 0.25) is 0 Å². The first-order chi connectivity index (χ1) is 7.45. The van der Waals surface area contributed by atoms with E-state index in [0.717, 1.165) is 5.01 Å². The summed E-state index contributed by atoms with van der Waals surface area (Å²) in [5.41, 5.74) is -0.331. The molecule has 0 amide bonds. The molecular formula is C11H15NO3S. The van der Waals surface area contributed by atoms with E-state index in [1.807, 2.05) is 19.2 Å². The topological polar surface area (TPSA) is 70.4 Å². The molecule has 1 aromatic heterocycles. The molecule has 1 aliphatic rings. The summed E-state index contributed by atoms with van der Waals surface area (Å²) < 4.78 is 0. The van der Waals surface area contributed by atoms with Crippen LogP contribution in [0.4, 0.5) is 0 Å². The number of aliphatic carboxylic acids is 1. The Hall–Kier alpha value is -0.940. The highest BCUT2D eigenvalue weighted by Crippen LogP contribution is 2.44. The van der Waals surface area contributed by atoms with Gasteiger partial charge in [0.1, 0.15) is 5.41 Å². The second-order valence-electron chi connectivity index (χ2n) is 4.68. The van der Waals surface area contributed by atoms with E-state index in [0.29, 0.717) is 11.6 Å². The first kappa shape index (κ1) is 11.5. The monoisotopic (exact) mass is 241 g/mol. The van der Waals surface area contributed by atoms with Gasteiger partial charge in [0, 0.05) is 11.3 Å². The van der Waals surface area contributed by atoms with Crippen LogP contribution in [0.5, 0.6) is 0 Å². The molecule has 1 saturated carbocycles. The van der Waals surface area contributed by atoms with Gasteiger partial charge in [-0.1, -0.05) is 13.8 Å². The van der Waals surface area contributed by atoms with E-state index in [2.05, 4.69) is 4.98 Å². The number of aliphatic hydroxyl groups is 1. The van der Waals surface area contributed by atoms with Crippen LogP contribution in [0.25, 0.3) is 0 Å². The van der Waals surface area contributed by atoms with E-state index in [1.165, 1.54) is 11.3 Å². The summed E-state index contributed by atoms with van der Waals surface area (Å²) in [6.45, 7) is 4.07. The Morgan fingerprint density at radius 2 is 2.25 bits per heavy atom. The van der Waals surface area contributed by atoms with Gasteiger partial charge >= 0.3 is 5.97 Å². The van der Waals surface area contributed by atoms with Crippen LogP contribution in [0.15, 0.2) is 5.38 Å². The number of carboxylic acid groups (broad SMARTS) is 1. The van der Waals surface area contributed by atoms with E-state index < -0.39 is 17.5 Å². The zero-order chi connectivity index (χ0) is 11.9. The van der Waals surface area contributed by atoms with Crippen LogP contribution >= 0.6 is 11.3 Å². The molecule has 0 unspecified atom stereocenters. The fourth-order valence-corrected chi connectivity index (χ4v) is 2.94.